The highest BCUT2D eigenvalue weighted by atomic mass is 32.2. The molecule has 0 unspecified atom stereocenters. The Morgan fingerprint density at radius 2 is 1.66 bits per heavy atom. The third kappa shape index (κ3) is 4.56. The molecule has 3 heterocycles. The van der Waals surface area contributed by atoms with Crippen molar-refractivity contribution in [2.45, 2.75) is 24.7 Å². The zero-order valence-electron chi connectivity index (χ0n) is 17.4. The van der Waals surface area contributed by atoms with Crippen LogP contribution < -0.4 is 10.6 Å². The Hall–Kier alpha value is -3.50. The van der Waals surface area contributed by atoms with Crippen LogP contribution in [0.15, 0.2) is 64.2 Å². The number of hydrogen-bond donors (Lipinski definition) is 2. The van der Waals surface area contributed by atoms with Crippen LogP contribution in [0.25, 0.3) is 0 Å². The van der Waals surface area contributed by atoms with E-state index in [2.05, 4.69) is 15.6 Å². The first-order chi connectivity index (χ1) is 15.3. The molecule has 10 heteroatoms. The maximum atomic E-state index is 12.8. The van der Waals surface area contributed by atoms with Gasteiger partial charge in [-0.2, -0.15) is 4.31 Å². The summed E-state index contributed by atoms with van der Waals surface area (Å²) in [4.78, 5) is 29.0. The zero-order valence-corrected chi connectivity index (χ0v) is 18.2. The summed E-state index contributed by atoms with van der Waals surface area (Å²) >= 11 is 0. The lowest BCUT2D eigenvalue weighted by Gasteiger charge is -2.14. The number of nitrogens with zero attached hydrogens (tertiary/aromatic N) is 2. The van der Waals surface area contributed by atoms with Crippen LogP contribution in [0.1, 0.15) is 39.5 Å². The van der Waals surface area contributed by atoms with Gasteiger partial charge in [-0.1, -0.05) is 6.07 Å². The van der Waals surface area contributed by atoms with Gasteiger partial charge in [0.2, 0.25) is 10.0 Å². The number of nitrogens with one attached hydrogen (secondary N) is 2. The van der Waals surface area contributed by atoms with Crippen LogP contribution in [-0.2, 0) is 10.0 Å². The van der Waals surface area contributed by atoms with Crippen molar-refractivity contribution in [3.63, 3.8) is 0 Å². The van der Waals surface area contributed by atoms with Gasteiger partial charge in [-0.05, 0) is 50.1 Å². The highest BCUT2D eigenvalue weighted by molar-refractivity contribution is 7.89. The summed E-state index contributed by atoms with van der Waals surface area (Å²) in [5.41, 5.74) is 1.31. The molecule has 0 spiro atoms. The van der Waals surface area contributed by atoms with Crippen LogP contribution in [0, 0.1) is 6.92 Å². The quantitative estimate of drug-likeness (QED) is 0.590. The molecule has 2 amide bonds. The molecular formula is C22H22N4O5S. The monoisotopic (exact) mass is 454 g/mol. The van der Waals surface area contributed by atoms with E-state index in [1.165, 1.54) is 23.4 Å². The Bertz CT molecular complexity index is 1250. The molecule has 0 aliphatic carbocycles. The molecule has 1 aliphatic rings. The van der Waals surface area contributed by atoms with Crippen LogP contribution in [0.3, 0.4) is 0 Å². The fourth-order valence-corrected chi connectivity index (χ4v) is 5.15. The fraction of sp³-hybridized carbons (Fsp3) is 0.227. The minimum absolute atomic E-state index is 0.00460. The van der Waals surface area contributed by atoms with Gasteiger partial charge in [-0.25, -0.2) is 8.42 Å². The lowest BCUT2D eigenvalue weighted by Crippen LogP contribution is -2.28. The Kier molecular flexibility index (Phi) is 6.06. The van der Waals surface area contributed by atoms with Gasteiger partial charge >= 0.3 is 0 Å². The summed E-state index contributed by atoms with van der Waals surface area (Å²) in [6.45, 7) is 2.44. The van der Waals surface area contributed by atoms with Gasteiger partial charge in [0.05, 0.1) is 0 Å². The summed E-state index contributed by atoms with van der Waals surface area (Å²) in [5.74, 6) is -0.915. The molecule has 32 heavy (non-hydrogen) atoms. The number of furan rings is 1. The molecule has 9 nitrogen and oxygen atoms in total. The summed E-state index contributed by atoms with van der Waals surface area (Å²) in [5, 5.41) is 5.39. The van der Waals surface area contributed by atoms with Gasteiger partial charge in [0.15, 0.2) is 5.76 Å². The number of rotatable bonds is 6. The maximum Gasteiger partial charge on any atom is 0.291 e. The molecule has 1 saturated heterocycles. The van der Waals surface area contributed by atoms with E-state index in [0.29, 0.717) is 30.0 Å². The van der Waals surface area contributed by atoms with Gasteiger partial charge in [0.25, 0.3) is 11.8 Å². The van der Waals surface area contributed by atoms with Crippen molar-refractivity contribution in [3.8, 4) is 0 Å². The van der Waals surface area contributed by atoms with Gasteiger partial charge in [-0.15, -0.1) is 0 Å². The Balaban J connectivity index is 1.49. The number of carbonyl (C=O) groups excluding carboxylic acids is 2. The predicted octanol–water partition coefficient (Wildman–Crippen LogP) is 3.27. The largest absolute Gasteiger partial charge is 0.455 e. The van der Waals surface area contributed by atoms with Gasteiger partial charge < -0.3 is 15.1 Å². The van der Waals surface area contributed by atoms with Crippen molar-refractivity contribution in [2.75, 3.05) is 23.7 Å². The SMILES string of the molecule is Cc1oc(C(=O)Nc2cccc(C(=O)Nc3ccncc3)c2)cc1S(=O)(=O)N1CCCC1. The molecule has 0 atom stereocenters. The van der Waals surface area contributed by atoms with E-state index in [-0.39, 0.29) is 22.3 Å². The second-order valence-electron chi connectivity index (χ2n) is 7.37. The average molecular weight is 455 g/mol. The number of sulfonamides is 1. The van der Waals surface area contributed by atoms with E-state index in [1.54, 1.807) is 42.7 Å². The van der Waals surface area contributed by atoms with Crippen molar-refractivity contribution in [1.29, 1.82) is 0 Å². The maximum absolute atomic E-state index is 12.8. The second kappa shape index (κ2) is 8.93. The van der Waals surface area contributed by atoms with Crippen LogP contribution in [-0.4, -0.2) is 42.6 Å². The lowest BCUT2D eigenvalue weighted by atomic mass is 10.2. The molecule has 2 aromatic heterocycles. The molecule has 0 bridgehead atoms. The molecular weight excluding hydrogens is 432 g/mol. The van der Waals surface area contributed by atoms with Gasteiger partial charge in [-0.3, -0.25) is 14.6 Å². The lowest BCUT2D eigenvalue weighted by molar-refractivity contribution is 0.0992. The number of amides is 2. The minimum atomic E-state index is -3.70. The number of aromatic nitrogens is 1. The molecule has 1 fully saturated rings. The first-order valence-electron chi connectivity index (χ1n) is 10.1. The van der Waals surface area contributed by atoms with Crippen LogP contribution in [0.4, 0.5) is 11.4 Å². The molecule has 166 valence electrons. The average Bonchev–Trinajstić information content (AvgIpc) is 3.45. The van der Waals surface area contributed by atoms with E-state index in [9.17, 15) is 18.0 Å². The number of anilines is 2. The van der Waals surface area contributed by atoms with E-state index >= 15 is 0 Å². The zero-order chi connectivity index (χ0) is 22.7. The van der Waals surface area contributed by atoms with Crippen molar-refractivity contribution in [1.82, 2.24) is 9.29 Å². The molecule has 3 aromatic rings. The van der Waals surface area contributed by atoms with Crippen molar-refractivity contribution in [3.05, 3.63) is 71.9 Å². The smallest absolute Gasteiger partial charge is 0.291 e. The Morgan fingerprint density at radius 3 is 2.38 bits per heavy atom. The molecule has 1 aliphatic heterocycles. The van der Waals surface area contributed by atoms with E-state index in [1.807, 2.05) is 0 Å². The first-order valence-corrected chi connectivity index (χ1v) is 11.5. The summed E-state index contributed by atoms with van der Waals surface area (Å²) in [6, 6.07) is 11.0. The van der Waals surface area contributed by atoms with E-state index < -0.39 is 15.9 Å². The van der Waals surface area contributed by atoms with E-state index in [4.69, 9.17) is 4.42 Å². The topological polar surface area (TPSA) is 122 Å². The van der Waals surface area contributed by atoms with Crippen molar-refractivity contribution >= 4 is 33.2 Å². The Labute approximate surface area is 185 Å². The first kappa shape index (κ1) is 21.7. The fourth-order valence-electron chi connectivity index (χ4n) is 3.47. The summed E-state index contributed by atoms with van der Waals surface area (Å²) < 4.78 is 32.5. The number of pyridine rings is 1. The van der Waals surface area contributed by atoms with Crippen LogP contribution in [0.2, 0.25) is 0 Å². The third-order valence-electron chi connectivity index (χ3n) is 5.10. The predicted molar refractivity (Wildman–Crippen MR) is 118 cm³/mol. The number of hydrogen-bond acceptors (Lipinski definition) is 6. The minimum Gasteiger partial charge on any atom is -0.455 e. The molecule has 0 saturated carbocycles. The van der Waals surface area contributed by atoms with Crippen molar-refractivity contribution in [2.24, 2.45) is 0 Å². The number of aryl methyl sites for hydroxylation is 1. The third-order valence-corrected chi connectivity index (χ3v) is 7.11. The highest BCUT2D eigenvalue weighted by Gasteiger charge is 2.31. The number of carbonyl (C=O) groups is 2. The highest BCUT2D eigenvalue weighted by Crippen LogP contribution is 2.27. The molecule has 4 rings (SSSR count). The van der Waals surface area contributed by atoms with Gasteiger partial charge in [0.1, 0.15) is 10.7 Å². The molecule has 2 N–H and O–H groups in total. The Morgan fingerprint density at radius 1 is 0.969 bits per heavy atom. The van der Waals surface area contributed by atoms with Crippen LogP contribution in [0.5, 0.6) is 0 Å². The second-order valence-corrected chi connectivity index (χ2v) is 9.27. The standard InChI is InChI=1S/C22H22N4O5S/c1-15-20(32(29,30)26-11-2-3-12-26)14-19(31-15)22(28)25-18-6-4-5-16(13-18)21(27)24-17-7-9-23-10-8-17/h4-10,13-14H,2-3,11-12H2,1H3,(H,25,28)(H,23,24,27). The van der Waals surface area contributed by atoms with E-state index in [0.717, 1.165) is 12.8 Å². The van der Waals surface area contributed by atoms with Crippen molar-refractivity contribution < 1.29 is 22.4 Å². The van der Waals surface area contributed by atoms with Crippen LogP contribution >= 0.6 is 0 Å². The summed E-state index contributed by atoms with van der Waals surface area (Å²) in [7, 11) is -3.70. The normalized spacial score (nSPS) is 14.3. The molecule has 1 aromatic carbocycles. The van der Waals surface area contributed by atoms with Gasteiger partial charge in [0, 0.05) is 48.5 Å². The number of benzene rings is 1. The molecule has 0 radical (unpaired) electrons. The summed E-state index contributed by atoms with van der Waals surface area (Å²) in [6.07, 6.45) is 4.76.